The molecule has 3 heteroatoms. The van der Waals surface area contributed by atoms with E-state index in [-0.39, 0.29) is 0 Å². The Morgan fingerprint density at radius 2 is 1.92 bits per heavy atom. The Bertz CT molecular complexity index is 130. The van der Waals surface area contributed by atoms with Crippen LogP contribution in [0.1, 0.15) is 51.9 Å². The Morgan fingerprint density at radius 3 is 2.54 bits per heavy atom. The van der Waals surface area contributed by atoms with Crippen LogP contribution in [0, 0.1) is 0 Å². The topological polar surface area (TPSA) is 38.7 Å². The van der Waals surface area contributed by atoms with Crippen LogP contribution in [0.2, 0.25) is 0 Å². The Morgan fingerprint density at radius 1 is 1.23 bits per heavy atom. The van der Waals surface area contributed by atoms with Crippen molar-refractivity contribution >= 4 is 0 Å². The molecule has 0 aromatic heterocycles. The summed E-state index contributed by atoms with van der Waals surface area (Å²) < 4.78 is 0. The van der Waals surface area contributed by atoms with Crippen molar-refractivity contribution in [2.24, 2.45) is 0 Å². The van der Waals surface area contributed by atoms with E-state index in [1.165, 1.54) is 6.42 Å². The second kappa shape index (κ2) is 5.58. The molecule has 0 amide bonds. The molecule has 0 aromatic rings. The summed E-state index contributed by atoms with van der Waals surface area (Å²) >= 11 is 0. The van der Waals surface area contributed by atoms with Gasteiger partial charge in [0.05, 0.1) is 6.61 Å². The van der Waals surface area contributed by atoms with Crippen LogP contribution in [-0.4, -0.2) is 17.5 Å². The van der Waals surface area contributed by atoms with E-state index in [4.69, 9.17) is 9.78 Å². The third-order valence-electron chi connectivity index (χ3n) is 2.43. The number of aliphatic hydroxyl groups is 1. The summed E-state index contributed by atoms with van der Waals surface area (Å²) in [6.07, 6.45) is 6.75. The van der Waals surface area contributed by atoms with Gasteiger partial charge in [0.2, 0.25) is 0 Å². The van der Waals surface area contributed by atoms with Gasteiger partial charge in [-0.2, -0.15) is 0 Å². The highest BCUT2D eigenvalue weighted by Gasteiger charge is 2.31. The van der Waals surface area contributed by atoms with Gasteiger partial charge in [0.25, 0.3) is 0 Å². The summed E-state index contributed by atoms with van der Waals surface area (Å²) in [5, 5.41) is 9.82. The molecule has 1 N–H and O–H groups in total. The third kappa shape index (κ3) is 4.07. The van der Waals surface area contributed by atoms with E-state index in [2.05, 4.69) is 6.92 Å². The zero-order valence-corrected chi connectivity index (χ0v) is 8.42. The van der Waals surface area contributed by atoms with Gasteiger partial charge >= 0.3 is 0 Å². The van der Waals surface area contributed by atoms with Crippen LogP contribution < -0.4 is 0 Å². The van der Waals surface area contributed by atoms with Crippen molar-refractivity contribution in [1.82, 2.24) is 0 Å². The van der Waals surface area contributed by atoms with E-state index in [0.29, 0.717) is 19.4 Å². The fraction of sp³-hybridized carbons (Fsp3) is 1.00. The van der Waals surface area contributed by atoms with Gasteiger partial charge < -0.3 is 5.11 Å². The van der Waals surface area contributed by atoms with Crippen LogP contribution in [0.4, 0.5) is 0 Å². The highest BCUT2D eigenvalue weighted by atomic mass is 17.2. The maximum atomic E-state index is 9.82. The van der Waals surface area contributed by atoms with E-state index in [9.17, 15) is 5.11 Å². The van der Waals surface area contributed by atoms with Crippen molar-refractivity contribution < 1.29 is 14.9 Å². The Hall–Kier alpha value is -0.120. The summed E-state index contributed by atoms with van der Waals surface area (Å²) in [6.45, 7) is 2.68. The lowest BCUT2D eigenvalue weighted by atomic mass is 9.95. The fourth-order valence-corrected chi connectivity index (χ4v) is 1.54. The van der Waals surface area contributed by atoms with E-state index in [1.54, 1.807) is 0 Å². The molecule has 0 saturated heterocycles. The smallest absolute Gasteiger partial charge is 0.199 e. The van der Waals surface area contributed by atoms with Gasteiger partial charge in [0.15, 0.2) is 5.79 Å². The van der Waals surface area contributed by atoms with Gasteiger partial charge in [-0.1, -0.05) is 19.8 Å². The Labute approximate surface area is 80.0 Å². The lowest BCUT2D eigenvalue weighted by Gasteiger charge is -2.30. The van der Waals surface area contributed by atoms with E-state index in [0.717, 1.165) is 25.7 Å². The lowest BCUT2D eigenvalue weighted by Crippen LogP contribution is -2.34. The molecule has 1 aliphatic carbocycles. The average molecular weight is 188 g/mol. The highest BCUT2D eigenvalue weighted by molar-refractivity contribution is 4.71. The largest absolute Gasteiger partial charge is 0.363 e. The zero-order valence-electron chi connectivity index (χ0n) is 8.42. The van der Waals surface area contributed by atoms with Crippen molar-refractivity contribution in [2.75, 3.05) is 6.61 Å². The first-order valence-electron chi connectivity index (χ1n) is 5.30. The minimum atomic E-state index is -0.994. The molecule has 1 fully saturated rings. The van der Waals surface area contributed by atoms with Gasteiger partial charge in [-0.25, -0.2) is 9.78 Å². The summed E-state index contributed by atoms with van der Waals surface area (Å²) in [5.41, 5.74) is 0. The predicted molar refractivity (Wildman–Crippen MR) is 50.0 cm³/mol. The monoisotopic (exact) mass is 188 g/mol. The van der Waals surface area contributed by atoms with Crippen molar-refractivity contribution in [3.05, 3.63) is 0 Å². The first-order valence-corrected chi connectivity index (χ1v) is 5.30. The zero-order chi connectivity index (χ0) is 9.57. The van der Waals surface area contributed by atoms with Crippen molar-refractivity contribution in [2.45, 2.75) is 57.7 Å². The van der Waals surface area contributed by atoms with Crippen LogP contribution in [0.25, 0.3) is 0 Å². The van der Waals surface area contributed by atoms with Gasteiger partial charge in [0.1, 0.15) is 0 Å². The van der Waals surface area contributed by atoms with Crippen LogP contribution >= 0.6 is 0 Å². The summed E-state index contributed by atoms with van der Waals surface area (Å²) in [4.78, 5) is 9.99. The maximum absolute atomic E-state index is 9.82. The molecule has 1 aliphatic rings. The van der Waals surface area contributed by atoms with Crippen LogP contribution in [0.15, 0.2) is 0 Å². The van der Waals surface area contributed by atoms with Crippen molar-refractivity contribution in [3.63, 3.8) is 0 Å². The predicted octanol–water partition coefficient (Wildman–Crippen LogP) is 2.39. The summed E-state index contributed by atoms with van der Waals surface area (Å²) in [5.74, 6) is -0.994. The molecule has 78 valence electrons. The molecule has 13 heavy (non-hydrogen) atoms. The SMILES string of the molecule is CCCCOOC1(O)CCCCC1. The second-order valence-corrected chi connectivity index (χ2v) is 3.77. The summed E-state index contributed by atoms with van der Waals surface area (Å²) in [7, 11) is 0. The maximum Gasteiger partial charge on any atom is 0.199 e. The van der Waals surface area contributed by atoms with Crippen LogP contribution in [0.3, 0.4) is 0 Å². The number of rotatable bonds is 5. The van der Waals surface area contributed by atoms with E-state index < -0.39 is 5.79 Å². The molecule has 1 saturated carbocycles. The Kier molecular flexibility index (Phi) is 4.70. The van der Waals surface area contributed by atoms with Gasteiger partial charge in [-0.05, 0) is 19.3 Å². The lowest BCUT2D eigenvalue weighted by molar-refractivity contribution is -0.426. The Balaban J connectivity index is 2.10. The third-order valence-corrected chi connectivity index (χ3v) is 2.43. The molecular formula is C10H20O3. The highest BCUT2D eigenvalue weighted by Crippen LogP contribution is 2.29. The minimum Gasteiger partial charge on any atom is -0.363 e. The fourth-order valence-electron chi connectivity index (χ4n) is 1.54. The molecule has 0 heterocycles. The van der Waals surface area contributed by atoms with E-state index in [1.807, 2.05) is 0 Å². The average Bonchev–Trinajstić information content (AvgIpc) is 2.14. The van der Waals surface area contributed by atoms with Crippen molar-refractivity contribution in [1.29, 1.82) is 0 Å². The quantitative estimate of drug-likeness (QED) is 0.311. The molecule has 0 unspecified atom stereocenters. The van der Waals surface area contributed by atoms with Crippen LogP contribution in [-0.2, 0) is 9.78 Å². The van der Waals surface area contributed by atoms with Crippen molar-refractivity contribution in [3.8, 4) is 0 Å². The minimum absolute atomic E-state index is 0.582. The van der Waals surface area contributed by atoms with E-state index >= 15 is 0 Å². The summed E-state index contributed by atoms with van der Waals surface area (Å²) in [6, 6.07) is 0. The first-order chi connectivity index (χ1) is 6.27. The molecular weight excluding hydrogens is 168 g/mol. The molecule has 3 nitrogen and oxygen atoms in total. The molecule has 0 spiro atoms. The standard InChI is InChI=1S/C10H20O3/c1-2-3-9-12-13-10(11)7-5-4-6-8-10/h11H,2-9H2,1H3. The first kappa shape index (κ1) is 11.0. The molecule has 0 aromatic carbocycles. The normalized spacial score (nSPS) is 21.7. The number of hydrogen-bond acceptors (Lipinski definition) is 3. The molecule has 0 aliphatic heterocycles. The molecule has 1 rings (SSSR count). The number of hydrogen-bond donors (Lipinski definition) is 1. The van der Waals surface area contributed by atoms with Gasteiger partial charge in [-0.15, -0.1) is 0 Å². The second-order valence-electron chi connectivity index (χ2n) is 3.77. The van der Waals surface area contributed by atoms with Crippen LogP contribution in [0.5, 0.6) is 0 Å². The molecule has 0 atom stereocenters. The number of unbranched alkanes of at least 4 members (excludes halogenated alkanes) is 1. The van der Waals surface area contributed by atoms with Gasteiger partial charge in [-0.3, -0.25) is 0 Å². The molecule has 0 bridgehead atoms. The van der Waals surface area contributed by atoms with Gasteiger partial charge in [0, 0.05) is 12.8 Å². The molecule has 0 radical (unpaired) electrons.